The van der Waals surface area contributed by atoms with Crippen LogP contribution in [-0.4, -0.2) is 97.3 Å². The van der Waals surface area contributed by atoms with E-state index in [0.29, 0.717) is 41.8 Å². The third-order valence-electron chi connectivity index (χ3n) is 13.6. The van der Waals surface area contributed by atoms with Crippen molar-refractivity contribution >= 4 is 44.7 Å². The number of hydrogen-bond acceptors (Lipinski definition) is 10. The van der Waals surface area contributed by atoms with Gasteiger partial charge in [-0.1, -0.05) is 40.5 Å². The van der Waals surface area contributed by atoms with Crippen molar-refractivity contribution in [2.75, 3.05) is 13.7 Å². The summed E-state index contributed by atoms with van der Waals surface area (Å²) < 4.78 is 74.5. The van der Waals surface area contributed by atoms with E-state index in [-0.39, 0.29) is 30.9 Å². The average molecular weight is 844 g/mol. The Kier molecular flexibility index (Phi) is 10.8. The highest BCUT2D eigenvalue weighted by molar-refractivity contribution is 7.91. The van der Waals surface area contributed by atoms with Crippen molar-refractivity contribution in [3.05, 3.63) is 29.8 Å². The van der Waals surface area contributed by atoms with Crippen molar-refractivity contribution in [2.24, 2.45) is 35.0 Å². The lowest BCUT2D eigenvalue weighted by molar-refractivity contribution is -0.143. The minimum Gasteiger partial charge on any atom is -0.497 e. The largest absolute Gasteiger partial charge is 0.497 e. The van der Waals surface area contributed by atoms with Gasteiger partial charge >= 0.3 is 6.09 Å². The summed E-state index contributed by atoms with van der Waals surface area (Å²) in [5.74, 6) is -2.46. The first kappa shape index (κ1) is 41.5. The Morgan fingerprint density at radius 1 is 1.05 bits per heavy atom. The molecule has 1 aromatic heterocycles. The van der Waals surface area contributed by atoms with E-state index in [2.05, 4.69) is 10.6 Å². The number of aryl methyl sites for hydroxylation is 1. The number of amides is 4. The fraction of sp³-hybridized carbons (Fsp3) is 0.690. The summed E-state index contributed by atoms with van der Waals surface area (Å²) in [5, 5.41) is 5.33. The van der Waals surface area contributed by atoms with E-state index in [9.17, 15) is 36.4 Å². The highest BCUT2D eigenvalue weighted by Gasteiger charge is 2.67. The molecule has 2 aromatic rings. The van der Waals surface area contributed by atoms with E-state index in [1.807, 2.05) is 22.9 Å². The molecule has 8 rings (SSSR count). The topological polar surface area (TPSA) is 182 Å². The van der Waals surface area contributed by atoms with Crippen LogP contribution in [0.2, 0.25) is 0 Å². The number of alkyl carbamates (subject to hydrolysis) is 1. The van der Waals surface area contributed by atoms with Gasteiger partial charge in [0.2, 0.25) is 34.1 Å². The van der Waals surface area contributed by atoms with Crippen LogP contribution in [0.1, 0.15) is 91.0 Å². The molecule has 59 heavy (non-hydrogen) atoms. The second-order valence-corrected chi connectivity index (χ2v) is 20.8. The Hall–Kier alpha value is -4.28. The second kappa shape index (κ2) is 15.3. The van der Waals surface area contributed by atoms with Crippen molar-refractivity contribution < 1.29 is 50.6 Å². The van der Waals surface area contributed by atoms with Crippen LogP contribution < -0.4 is 24.8 Å². The monoisotopic (exact) mass is 843 g/mol. The molecule has 11 atom stereocenters. The Morgan fingerprint density at radius 2 is 1.81 bits per heavy atom. The van der Waals surface area contributed by atoms with Crippen molar-refractivity contribution in [1.82, 2.24) is 25.2 Å². The van der Waals surface area contributed by atoms with Gasteiger partial charge in [-0.05, 0) is 92.2 Å². The molecule has 2 bridgehead atoms. The van der Waals surface area contributed by atoms with Gasteiger partial charge in [-0.3, -0.25) is 19.1 Å². The molecule has 3 N–H and O–H groups in total. The van der Waals surface area contributed by atoms with Crippen LogP contribution in [0.5, 0.6) is 11.6 Å². The third-order valence-corrected chi connectivity index (χ3v) is 15.5. The van der Waals surface area contributed by atoms with Crippen LogP contribution in [0.25, 0.3) is 10.9 Å². The Morgan fingerprint density at radius 3 is 2.49 bits per heavy atom. The minimum absolute atomic E-state index is 0.113. The lowest BCUT2D eigenvalue weighted by Crippen LogP contribution is -2.60. The smallest absolute Gasteiger partial charge is 0.408 e. The normalized spacial score (nSPS) is 34.5. The van der Waals surface area contributed by atoms with Crippen molar-refractivity contribution in [3.63, 3.8) is 0 Å². The fourth-order valence-corrected chi connectivity index (χ4v) is 11.6. The van der Waals surface area contributed by atoms with E-state index in [1.54, 1.807) is 40.9 Å². The number of pyridine rings is 1. The molecule has 3 heterocycles. The molecule has 1 aromatic carbocycles. The van der Waals surface area contributed by atoms with Gasteiger partial charge < -0.3 is 29.7 Å². The molecule has 6 aliphatic rings. The average Bonchev–Trinajstić information content (AvgIpc) is 4.12. The summed E-state index contributed by atoms with van der Waals surface area (Å²) >= 11 is 0. The molecule has 4 aliphatic carbocycles. The third kappa shape index (κ3) is 8.28. The first-order valence-corrected chi connectivity index (χ1v) is 22.5. The number of hydrogen-bond donors (Lipinski definition) is 3. The number of alkyl halides is 2. The Balaban J connectivity index is 1.13. The predicted molar refractivity (Wildman–Crippen MR) is 211 cm³/mol. The molecule has 0 spiro atoms. The van der Waals surface area contributed by atoms with E-state index in [0.717, 1.165) is 49.5 Å². The number of carbonyl (C=O) groups excluding carboxylic acids is 4. The second-order valence-electron chi connectivity index (χ2n) is 18.9. The maximum absolute atomic E-state index is 14.8. The molecule has 1 saturated heterocycles. The number of sulfonamides is 1. The summed E-state index contributed by atoms with van der Waals surface area (Å²) in [4.78, 5) is 62.6. The van der Waals surface area contributed by atoms with Crippen LogP contribution >= 0.6 is 0 Å². The molecular formula is C42H55F2N5O9S. The summed E-state index contributed by atoms with van der Waals surface area (Å²) in [5.41, 5.74) is -1.64. The number of nitrogens with zero attached hydrogens (tertiary/aromatic N) is 2. The molecule has 0 radical (unpaired) electrons. The van der Waals surface area contributed by atoms with Gasteiger partial charge in [0.05, 0.1) is 30.3 Å². The zero-order valence-electron chi connectivity index (χ0n) is 34.2. The number of halogens is 2. The molecule has 17 heteroatoms. The zero-order chi connectivity index (χ0) is 42.2. The lowest BCUT2D eigenvalue weighted by Gasteiger charge is -2.36. The predicted octanol–water partition coefficient (Wildman–Crippen LogP) is 4.87. The molecule has 14 nitrogen and oxygen atoms in total. The maximum Gasteiger partial charge on any atom is 0.408 e. The number of fused-ring (bicyclic) bond motifs is 7. The fourth-order valence-electron chi connectivity index (χ4n) is 9.81. The molecular weight excluding hydrogens is 789 g/mol. The van der Waals surface area contributed by atoms with Gasteiger partial charge in [0.15, 0.2) is 0 Å². The van der Waals surface area contributed by atoms with Gasteiger partial charge in [0.25, 0.3) is 5.91 Å². The first-order chi connectivity index (χ1) is 27.9. The van der Waals surface area contributed by atoms with Crippen LogP contribution in [0.15, 0.2) is 24.3 Å². The molecule has 2 aliphatic heterocycles. The van der Waals surface area contributed by atoms with Gasteiger partial charge in [-0.25, -0.2) is 27.0 Å². The van der Waals surface area contributed by atoms with Gasteiger partial charge in [0, 0.05) is 23.4 Å². The van der Waals surface area contributed by atoms with Crippen LogP contribution in [0.3, 0.4) is 0 Å². The number of nitrogens with one attached hydrogen (secondary N) is 3. The van der Waals surface area contributed by atoms with Crippen molar-refractivity contribution in [3.8, 4) is 11.6 Å². The zero-order valence-corrected chi connectivity index (χ0v) is 35.0. The van der Waals surface area contributed by atoms with Gasteiger partial charge in [-0.15, -0.1) is 0 Å². The maximum atomic E-state index is 14.8. The van der Waals surface area contributed by atoms with Crippen molar-refractivity contribution in [2.45, 2.75) is 133 Å². The van der Waals surface area contributed by atoms with Crippen LogP contribution in [0, 0.1) is 35.0 Å². The van der Waals surface area contributed by atoms with Crippen LogP contribution in [-0.2, 0) is 35.6 Å². The number of aromatic nitrogens is 1. The van der Waals surface area contributed by atoms with Gasteiger partial charge in [0.1, 0.15) is 35.6 Å². The summed E-state index contributed by atoms with van der Waals surface area (Å²) in [6.07, 6.45) is 1.03. The summed E-state index contributed by atoms with van der Waals surface area (Å²) in [6.45, 7) is 6.87. The highest BCUT2D eigenvalue weighted by Crippen LogP contribution is 2.58. The molecule has 4 amide bonds. The number of carbonyl (C=O) groups is 4. The van der Waals surface area contributed by atoms with E-state index in [1.165, 1.54) is 4.90 Å². The SMILES string of the molecule is COc1ccc2cc3c(nc2c1)O[C@@H]1C[C@@H](C(=O)N[C@]2(C(=O)NS(=O)(=O)C4CC4C)CC2C(F)F)N(C1)C(=O)[C@H](C(C)(C)C)NC(=O)O[C@@H]1C[C@@H]2C[C@@H]2[C@H]1CCCCC3. The number of rotatable bonds is 7. The van der Waals surface area contributed by atoms with Crippen molar-refractivity contribution in [1.29, 1.82) is 0 Å². The summed E-state index contributed by atoms with van der Waals surface area (Å²) in [7, 11) is -2.62. The van der Waals surface area contributed by atoms with E-state index < -0.39 is 87.0 Å². The minimum atomic E-state index is -4.18. The Labute approximate surface area is 343 Å². The number of benzene rings is 1. The highest BCUT2D eigenvalue weighted by atomic mass is 32.2. The molecule has 5 fully saturated rings. The van der Waals surface area contributed by atoms with E-state index >= 15 is 0 Å². The molecule has 4 saturated carbocycles. The quantitative estimate of drug-likeness (QED) is 0.348. The summed E-state index contributed by atoms with van der Waals surface area (Å²) in [6, 6.07) is 5.05. The van der Waals surface area contributed by atoms with Crippen LogP contribution in [0.4, 0.5) is 13.6 Å². The lowest BCUT2D eigenvalue weighted by atomic mass is 9.85. The van der Waals surface area contributed by atoms with Gasteiger partial charge in [-0.2, -0.15) is 0 Å². The van der Waals surface area contributed by atoms with E-state index in [4.69, 9.17) is 19.2 Å². The number of methoxy groups -OCH3 is 1. The first-order valence-electron chi connectivity index (χ1n) is 21.0. The molecule has 3 unspecified atom stereocenters. The number of ether oxygens (including phenoxy) is 3. The molecule has 322 valence electrons. The standard InChI is InChI=1S/C42H55F2N5O9S/c1-21-13-33(21)59(54,55)48-39(52)42(19-29(42)35(43)44)47-36(50)31-18-26-20-49(31)38(51)34(41(2,3)4)46-40(53)58-32-16-24-15-28(24)27(32)10-8-6-7-9-23-14-22-11-12-25(56-5)17-30(22)45-37(23)57-26/h11-12,14,17,21,24,26-29,31-35H,6-10,13,15-16,18-20H2,1-5H3,(H,46,53)(H,47,50)(H,48,52)/t21?,24-,26+,27+,28-,29?,31-,32+,33?,34+,42+/m0/s1. The Bertz CT molecular complexity index is 2130.